The van der Waals surface area contributed by atoms with E-state index in [0.717, 1.165) is 49.9 Å². The van der Waals surface area contributed by atoms with Gasteiger partial charge in [-0.1, -0.05) is 6.42 Å². The molecule has 1 unspecified atom stereocenters. The molecule has 1 aromatic carbocycles. The summed E-state index contributed by atoms with van der Waals surface area (Å²) in [6.07, 6.45) is 0.165. The molecular weight excluding hydrogens is 381 g/mol. The Balaban J connectivity index is 1.85. The summed E-state index contributed by atoms with van der Waals surface area (Å²) >= 11 is 0. The molecule has 2 saturated heterocycles. The minimum absolute atomic E-state index is 0.190. The minimum Gasteiger partial charge on any atom is -0.341 e. The second kappa shape index (κ2) is 7.79. The number of carbonyl (C=O) groups excluding carboxylic acids is 1. The third-order valence-electron chi connectivity index (χ3n) is 5.19. The van der Waals surface area contributed by atoms with Gasteiger partial charge < -0.3 is 4.90 Å². The van der Waals surface area contributed by atoms with E-state index in [0.29, 0.717) is 25.9 Å². The molecule has 0 saturated carbocycles. The lowest BCUT2D eigenvalue weighted by Gasteiger charge is -2.38. The Kier molecular flexibility index (Phi) is 5.81. The smallest absolute Gasteiger partial charge is 0.341 e. The molecule has 3 rings (SSSR count). The van der Waals surface area contributed by atoms with Crippen LogP contribution in [0.2, 0.25) is 0 Å². The van der Waals surface area contributed by atoms with Crippen molar-refractivity contribution in [2.75, 3.05) is 19.6 Å². The number of amides is 1. The molecule has 0 aliphatic carbocycles. The van der Waals surface area contributed by atoms with E-state index in [1.165, 1.54) is 4.31 Å². The predicted octanol–water partition coefficient (Wildman–Crippen LogP) is 3.26. The van der Waals surface area contributed by atoms with Gasteiger partial charge in [-0.15, -0.1) is 0 Å². The molecule has 0 aromatic heterocycles. The number of hydrogen-bond acceptors (Lipinski definition) is 3. The zero-order valence-electron chi connectivity index (χ0n) is 14.9. The number of carbonyl (C=O) groups is 1. The number of alkyl halides is 3. The molecule has 2 heterocycles. The number of benzene rings is 1. The number of halogens is 3. The second-order valence-corrected chi connectivity index (χ2v) is 8.93. The summed E-state index contributed by atoms with van der Waals surface area (Å²) in [5, 5.41) is 0. The van der Waals surface area contributed by atoms with Crippen LogP contribution in [0.4, 0.5) is 13.2 Å². The molecule has 2 fully saturated rings. The predicted molar refractivity (Wildman–Crippen MR) is 93.4 cm³/mol. The molecule has 1 aromatic rings. The number of piperidine rings is 2. The van der Waals surface area contributed by atoms with Crippen molar-refractivity contribution in [3.05, 3.63) is 29.8 Å². The van der Waals surface area contributed by atoms with E-state index in [1.54, 1.807) is 4.90 Å². The van der Waals surface area contributed by atoms with Crippen LogP contribution in [0.15, 0.2) is 29.2 Å². The summed E-state index contributed by atoms with van der Waals surface area (Å²) in [4.78, 5) is 14.4. The number of hydrogen-bond donors (Lipinski definition) is 0. The minimum atomic E-state index is -4.53. The van der Waals surface area contributed by atoms with Crippen molar-refractivity contribution in [2.45, 2.75) is 55.6 Å². The van der Waals surface area contributed by atoms with Gasteiger partial charge in [0, 0.05) is 19.6 Å². The van der Waals surface area contributed by atoms with Gasteiger partial charge in [0.1, 0.15) is 6.04 Å². The molecule has 150 valence electrons. The quantitative estimate of drug-likeness (QED) is 0.777. The van der Waals surface area contributed by atoms with Crippen molar-refractivity contribution in [1.82, 2.24) is 9.21 Å². The van der Waals surface area contributed by atoms with Crippen LogP contribution in [-0.4, -0.2) is 49.2 Å². The van der Waals surface area contributed by atoms with E-state index < -0.39 is 27.8 Å². The molecule has 2 aliphatic rings. The topological polar surface area (TPSA) is 57.7 Å². The van der Waals surface area contributed by atoms with Crippen LogP contribution < -0.4 is 0 Å². The van der Waals surface area contributed by atoms with E-state index in [4.69, 9.17) is 0 Å². The fourth-order valence-electron chi connectivity index (χ4n) is 3.72. The Morgan fingerprint density at radius 1 is 0.926 bits per heavy atom. The second-order valence-electron chi connectivity index (χ2n) is 7.04. The third-order valence-corrected chi connectivity index (χ3v) is 7.12. The zero-order valence-corrected chi connectivity index (χ0v) is 15.7. The van der Waals surface area contributed by atoms with Crippen molar-refractivity contribution in [3.8, 4) is 0 Å². The van der Waals surface area contributed by atoms with E-state index >= 15 is 0 Å². The molecule has 0 spiro atoms. The van der Waals surface area contributed by atoms with Gasteiger partial charge in [-0.2, -0.15) is 17.5 Å². The molecule has 1 atom stereocenters. The van der Waals surface area contributed by atoms with Gasteiger partial charge in [0.05, 0.1) is 10.5 Å². The largest absolute Gasteiger partial charge is 0.416 e. The lowest BCUT2D eigenvalue weighted by molar-refractivity contribution is -0.138. The molecule has 0 N–H and O–H groups in total. The first kappa shape index (κ1) is 20.1. The summed E-state index contributed by atoms with van der Waals surface area (Å²) < 4.78 is 65.4. The van der Waals surface area contributed by atoms with E-state index in [2.05, 4.69) is 0 Å². The zero-order chi connectivity index (χ0) is 19.7. The van der Waals surface area contributed by atoms with Crippen molar-refractivity contribution >= 4 is 15.9 Å². The molecule has 9 heteroatoms. The lowest BCUT2D eigenvalue weighted by Crippen LogP contribution is -2.53. The van der Waals surface area contributed by atoms with Gasteiger partial charge in [0.25, 0.3) is 0 Å². The number of nitrogens with zero attached hydrogens (tertiary/aromatic N) is 2. The van der Waals surface area contributed by atoms with Crippen LogP contribution in [0.25, 0.3) is 0 Å². The summed E-state index contributed by atoms with van der Waals surface area (Å²) in [7, 11) is -4.04. The highest BCUT2D eigenvalue weighted by atomic mass is 32.2. The molecule has 0 radical (unpaired) electrons. The fourth-order valence-corrected chi connectivity index (χ4v) is 5.37. The summed E-state index contributed by atoms with van der Waals surface area (Å²) in [5.74, 6) is -0.190. The summed E-state index contributed by atoms with van der Waals surface area (Å²) in [6.45, 7) is 1.46. The molecule has 27 heavy (non-hydrogen) atoms. The Hall–Kier alpha value is -1.61. The van der Waals surface area contributed by atoms with E-state index in [-0.39, 0.29) is 17.3 Å². The average molecular weight is 404 g/mol. The molecular formula is C18H23F3N2O3S. The van der Waals surface area contributed by atoms with Crippen LogP contribution in [0.5, 0.6) is 0 Å². The standard InChI is InChI=1S/C18H23F3N2O3S/c19-18(20,21)14-7-9-15(10-8-14)27(25,26)23-13-5-2-6-16(23)17(24)22-11-3-1-4-12-22/h7-10,16H,1-6,11-13H2. The lowest BCUT2D eigenvalue weighted by atomic mass is 10.0. The highest BCUT2D eigenvalue weighted by Crippen LogP contribution is 2.32. The van der Waals surface area contributed by atoms with Crippen LogP contribution in [-0.2, 0) is 21.0 Å². The maximum Gasteiger partial charge on any atom is 0.416 e. The highest BCUT2D eigenvalue weighted by molar-refractivity contribution is 7.89. The first-order valence-electron chi connectivity index (χ1n) is 9.19. The van der Waals surface area contributed by atoms with Gasteiger partial charge in [0.2, 0.25) is 15.9 Å². The first-order chi connectivity index (χ1) is 12.7. The Morgan fingerprint density at radius 3 is 2.11 bits per heavy atom. The molecule has 0 bridgehead atoms. The van der Waals surface area contributed by atoms with Gasteiger partial charge in [0.15, 0.2) is 0 Å². The van der Waals surface area contributed by atoms with E-state index in [1.807, 2.05) is 0 Å². The van der Waals surface area contributed by atoms with Gasteiger partial charge >= 0.3 is 6.18 Å². The molecule has 1 amide bonds. The van der Waals surface area contributed by atoms with Crippen LogP contribution in [0.3, 0.4) is 0 Å². The first-order valence-corrected chi connectivity index (χ1v) is 10.6. The van der Waals surface area contributed by atoms with Crippen molar-refractivity contribution in [3.63, 3.8) is 0 Å². The maximum absolute atomic E-state index is 13.0. The van der Waals surface area contributed by atoms with Crippen LogP contribution in [0, 0.1) is 0 Å². The maximum atomic E-state index is 13.0. The van der Waals surface area contributed by atoms with Crippen molar-refractivity contribution < 1.29 is 26.4 Å². The molecule has 5 nitrogen and oxygen atoms in total. The fraction of sp³-hybridized carbons (Fsp3) is 0.611. The SMILES string of the molecule is O=C(C1CCCCN1S(=O)(=O)c1ccc(C(F)(F)F)cc1)N1CCCCC1. The third kappa shape index (κ3) is 4.29. The van der Waals surface area contributed by atoms with Gasteiger partial charge in [-0.05, 0) is 56.4 Å². The number of likely N-dealkylation sites (tertiary alicyclic amines) is 1. The van der Waals surface area contributed by atoms with Crippen LogP contribution >= 0.6 is 0 Å². The van der Waals surface area contributed by atoms with Gasteiger partial charge in [-0.3, -0.25) is 4.79 Å². The Bertz CT molecular complexity index is 772. The summed E-state index contributed by atoms with van der Waals surface area (Å²) in [5.41, 5.74) is -0.902. The van der Waals surface area contributed by atoms with Gasteiger partial charge in [-0.25, -0.2) is 8.42 Å². The number of sulfonamides is 1. The Labute approximate surface area is 157 Å². The average Bonchev–Trinajstić information content (AvgIpc) is 2.67. The van der Waals surface area contributed by atoms with Crippen molar-refractivity contribution in [2.24, 2.45) is 0 Å². The summed E-state index contributed by atoms with van der Waals surface area (Å²) in [6, 6.07) is 2.69. The monoisotopic (exact) mass is 404 g/mol. The van der Waals surface area contributed by atoms with Crippen molar-refractivity contribution in [1.29, 1.82) is 0 Å². The molecule has 2 aliphatic heterocycles. The number of rotatable bonds is 3. The highest BCUT2D eigenvalue weighted by Gasteiger charge is 2.40. The Morgan fingerprint density at radius 2 is 1.52 bits per heavy atom. The van der Waals surface area contributed by atoms with E-state index in [9.17, 15) is 26.4 Å². The van der Waals surface area contributed by atoms with Crippen LogP contribution in [0.1, 0.15) is 44.1 Å². The normalized spacial score (nSPS) is 22.6.